The van der Waals surface area contributed by atoms with Gasteiger partial charge in [0.25, 0.3) is 0 Å². The van der Waals surface area contributed by atoms with Crippen LogP contribution in [0.15, 0.2) is 0 Å². The predicted molar refractivity (Wildman–Crippen MR) is 29.2 cm³/mol. The van der Waals surface area contributed by atoms with Gasteiger partial charge in [0, 0.05) is 0 Å². The molecule has 0 aromatic rings. The monoisotopic (exact) mass is 290 g/mol. The molecule has 0 atom stereocenters. The van der Waals surface area contributed by atoms with Gasteiger partial charge in [0.15, 0.2) is 0 Å². The third kappa shape index (κ3) is 24.4. The third-order valence-corrected chi connectivity index (χ3v) is 0. The molecule has 0 saturated carbocycles. The molecule has 0 radical (unpaired) electrons. The van der Waals surface area contributed by atoms with Gasteiger partial charge in [-0.2, -0.15) is 0 Å². The van der Waals surface area contributed by atoms with E-state index in [2.05, 4.69) is 46.2 Å². The van der Waals surface area contributed by atoms with Crippen LogP contribution >= 0.6 is 3.11 Å². The first-order valence-electron chi connectivity index (χ1n) is 0.783. The van der Waals surface area contributed by atoms with Crippen LogP contribution in [0.3, 0.4) is 0 Å². The van der Waals surface area contributed by atoms with Gasteiger partial charge in [-0.25, -0.2) is 0 Å². The molecule has 0 unspecified atom stereocenters. The number of hydrogen-bond acceptors (Lipinski definition) is 1. The van der Waals surface area contributed by atoms with Crippen molar-refractivity contribution in [2.75, 3.05) is 0 Å². The maximum absolute atomic E-state index is 8.52. The SMILES string of the molecule is OP(=[Se])([SeH])[SeH]. The van der Waals surface area contributed by atoms with Gasteiger partial charge in [-0.1, -0.05) is 0 Å². The van der Waals surface area contributed by atoms with Crippen molar-refractivity contribution in [2.24, 2.45) is 0 Å². The van der Waals surface area contributed by atoms with E-state index in [1.165, 1.54) is 0 Å². The molecule has 0 spiro atoms. The van der Waals surface area contributed by atoms with E-state index in [1.807, 2.05) is 0 Å². The molecule has 1 nitrogen and oxygen atoms in total. The summed E-state index contributed by atoms with van der Waals surface area (Å²) >= 11 is 6.92. The fourth-order valence-electron chi connectivity index (χ4n) is 0. The Morgan fingerprint density at radius 2 is 1.60 bits per heavy atom. The molecule has 1 N–H and O–H groups in total. The summed E-state index contributed by atoms with van der Waals surface area (Å²) in [6, 6.07) is 0. The zero-order chi connectivity index (χ0) is 4.50. The first-order valence-corrected chi connectivity index (χ1v) is 9.68. The summed E-state index contributed by atoms with van der Waals surface area (Å²) in [6.45, 7) is 0. The zero-order valence-electron chi connectivity index (χ0n) is 2.20. The van der Waals surface area contributed by atoms with Crippen molar-refractivity contribution >= 4 is 49.4 Å². The zero-order valence-corrected chi connectivity index (χ0v) is 8.56. The van der Waals surface area contributed by atoms with Gasteiger partial charge in [-0.05, 0) is 0 Å². The molecule has 0 aliphatic heterocycles. The third-order valence-electron chi connectivity index (χ3n) is 0. The Labute approximate surface area is 54.1 Å². The Kier molecular flexibility index (Phi) is 3.20. The van der Waals surface area contributed by atoms with Crippen molar-refractivity contribution in [3.05, 3.63) is 0 Å². The fourth-order valence-corrected chi connectivity index (χ4v) is 0. The van der Waals surface area contributed by atoms with E-state index in [4.69, 9.17) is 4.89 Å². The first kappa shape index (κ1) is 6.95. The van der Waals surface area contributed by atoms with Crippen molar-refractivity contribution < 1.29 is 4.89 Å². The molecule has 0 heterocycles. The van der Waals surface area contributed by atoms with Crippen LogP contribution in [-0.4, -0.2) is 51.1 Å². The van der Waals surface area contributed by atoms with Crippen molar-refractivity contribution in [2.45, 2.75) is 0 Å². The first-order chi connectivity index (χ1) is 2.00. The maximum atomic E-state index is 8.52. The van der Waals surface area contributed by atoms with E-state index in [0.29, 0.717) is 0 Å². The average Bonchev–Trinajstić information content (AvgIpc) is 0.722. The van der Waals surface area contributed by atoms with Gasteiger partial charge in [-0.3, -0.25) is 0 Å². The van der Waals surface area contributed by atoms with Crippen LogP contribution in [-0.2, 0) is 0 Å². The second kappa shape index (κ2) is 2.31. The molecule has 32 valence electrons. The van der Waals surface area contributed by atoms with Crippen LogP contribution in [0.5, 0.6) is 0 Å². The minimum absolute atomic E-state index is 1.64. The van der Waals surface area contributed by atoms with Crippen LogP contribution in [0.4, 0.5) is 0 Å². The molecule has 0 aliphatic rings. The second-order valence-electron chi connectivity index (χ2n) is 0.513. The average molecular weight is 287 g/mol. The fraction of sp³-hybridized carbons (Fsp3) is 0. The van der Waals surface area contributed by atoms with E-state index < -0.39 is 3.11 Å². The molecule has 0 saturated heterocycles. The van der Waals surface area contributed by atoms with E-state index in [1.54, 1.807) is 0 Å². The Hall–Kier alpha value is 1.95. The normalized spacial score (nSPS) is 11.8. The van der Waals surface area contributed by atoms with Gasteiger partial charge < -0.3 is 0 Å². The van der Waals surface area contributed by atoms with E-state index in [0.717, 1.165) is 0 Å². The van der Waals surface area contributed by atoms with Crippen molar-refractivity contribution in [1.29, 1.82) is 0 Å². The van der Waals surface area contributed by atoms with Crippen molar-refractivity contribution in [3.8, 4) is 0 Å². The van der Waals surface area contributed by atoms with Crippen LogP contribution in [0.2, 0.25) is 0 Å². The summed E-state index contributed by atoms with van der Waals surface area (Å²) in [6.07, 6.45) is 0. The molecule has 0 fully saturated rings. The summed E-state index contributed by atoms with van der Waals surface area (Å²) in [4.78, 5) is 8.52. The quantitative estimate of drug-likeness (QED) is 0.430. The molecule has 0 rings (SSSR count). The Balaban J connectivity index is 3.47. The topological polar surface area (TPSA) is 20.2 Å². The number of rotatable bonds is 0. The van der Waals surface area contributed by atoms with Gasteiger partial charge in [0.05, 0.1) is 0 Å². The molecule has 0 bridgehead atoms. The van der Waals surface area contributed by atoms with Crippen molar-refractivity contribution in [3.63, 3.8) is 0 Å². The number of hydrogen-bond donors (Lipinski definition) is 1. The van der Waals surface area contributed by atoms with Gasteiger partial charge >= 0.3 is 54.2 Å². The summed E-state index contributed by atoms with van der Waals surface area (Å²) in [5.74, 6) is 0. The molecule has 0 aromatic carbocycles. The van der Waals surface area contributed by atoms with Crippen LogP contribution in [0.1, 0.15) is 0 Å². The molecular weight excluding hydrogens is 284 g/mol. The summed E-state index contributed by atoms with van der Waals surface area (Å²) in [7, 11) is 0. The Morgan fingerprint density at radius 1 is 1.60 bits per heavy atom. The molecular formula is H3OPSe3. The van der Waals surface area contributed by atoms with E-state index >= 15 is 0 Å². The van der Waals surface area contributed by atoms with Gasteiger partial charge in [-0.15, -0.1) is 0 Å². The van der Waals surface area contributed by atoms with Crippen LogP contribution < -0.4 is 0 Å². The van der Waals surface area contributed by atoms with E-state index in [9.17, 15) is 0 Å². The van der Waals surface area contributed by atoms with Gasteiger partial charge in [0.1, 0.15) is 0 Å². The summed E-state index contributed by atoms with van der Waals surface area (Å²) in [5, 5.41) is 0. The second-order valence-corrected chi connectivity index (χ2v) is 24.5. The molecule has 0 aromatic heterocycles. The van der Waals surface area contributed by atoms with E-state index in [-0.39, 0.29) is 0 Å². The Morgan fingerprint density at radius 3 is 1.60 bits per heavy atom. The van der Waals surface area contributed by atoms with Crippen molar-refractivity contribution in [1.82, 2.24) is 0 Å². The predicted octanol–water partition coefficient (Wildman–Crippen LogP) is -1.37. The van der Waals surface area contributed by atoms with Crippen LogP contribution in [0, 0.1) is 0 Å². The molecule has 5 heavy (non-hydrogen) atoms. The summed E-state index contributed by atoms with van der Waals surface area (Å²) in [5.41, 5.74) is 0. The molecule has 0 amide bonds. The van der Waals surface area contributed by atoms with Crippen LogP contribution in [0.25, 0.3) is 0 Å². The molecule has 5 heteroatoms. The summed E-state index contributed by atoms with van der Waals surface area (Å²) < 4.78 is -1.64. The van der Waals surface area contributed by atoms with Gasteiger partial charge in [0.2, 0.25) is 0 Å². The minimum atomic E-state index is -1.64. The standard InChI is InChI=1S/H3OPSe3/c1-2(3,4)5/h(H3,1,3,4,5). The molecule has 0 aliphatic carbocycles. The Bertz CT molecular complexity index is 53.0.